The van der Waals surface area contributed by atoms with Gasteiger partial charge in [0, 0.05) is 19.6 Å². The third kappa shape index (κ3) is 5.63. The first-order valence-corrected chi connectivity index (χ1v) is 10.4. The van der Waals surface area contributed by atoms with E-state index in [-0.39, 0.29) is 23.0 Å². The molecule has 1 aliphatic heterocycles. The van der Waals surface area contributed by atoms with E-state index in [4.69, 9.17) is 4.74 Å². The van der Waals surface area contributed by atoms with Crippen LogP contribution in [0.2, 0.25) is 0 Å². The largest absolute Gasteiger partial charge is 0.497 e. The zero-order chi connectivity index (χ0) is 18.4. The summed E-state index contributed by atoms with van der Waals surface area (Å²) in [6, 6.07) is 7.38. The lowest BCUT2D eigenvalue weighted by molar-refractivity contribution is 0.186. The quantitative estimate of drug-likeness (QED) is 0.837. The predicted octanol–water partition coefficient (Wildman–Crippen LogP) is 2.44. The van der Waals surface area contributed by atoms with Crippen molar-refractivity contribution in [2.75, 3.05) is 26.0 Å². The highest BCUT2D eigenvalue weighted by molar-refractivity contribution is 7.92. The molecule has 0 aromatic heterocycles. The Kier molecular flexibility index (Phi) is 6.70. The molecule has 1 heterocycles. The van der Waals surface area contributed by atoms with Gasteiger partial charge in [-0.15, -0.1) is 0 Å². The molecular weight excluding hydrogens is 340 g/mol. The number of hydrogen-bond donors (Lipinski definition) is 1. The van der Waals surface area contributed by atoms with Crippen molar-refractivity contribution in [3.8, 4) is 5.75 Å². The van der Waals surface area contributed by atoms with Gasteiger partial charge < -0.3 is 15.0 Å². The minimum Gasteiger partial charge on any atom is -0.497 e. The van der Waals surface area contributed by atoms with Crippen LogP contribution in [0.1, 0.15) is 32.3 Å². The number of amides is 2. The average Bonchev–Trinajstić information content (AvgIpc) is 2.59. The average molecular weight is 368 g/mol. The van der Waals surface area contributed by atoms with Gasteiger partial charge in [-0.1, -0.05) is 26.0 Å². The third-order valence-electron chi connectivity index (χ3n) is 4.41. The molecule has 0 unspecified atom stereocenters. The van der Waals surface area contributed by atoms with Crippen LogP contribution in [0, 0.1) is 5.92 Å². The lowest BCUT2D eigenvalue weighted by atomic mass is 10.1. The molecule has 25 heavy (non-hydrogen) atoms. The van der Waals surface area contributed by atoms with E-state index in [1.165, 1.54) is 0 Å². The molecule has 2 rings (SSSR count). The van der Waals surface area contributed by atoms with Gasteiger partial charge in [-0.3, -0.25) is 0 Å². The van der Waals surface area contributed by atoms with Gasteiger partial charge in [0.15, 0.2) is 9.84 Å². The number of carbonyl (C=O) groups excluding carboxylic acids is 1. The van der Waals surface area contributed by atoms with Gasteiger partial charge in [-0.2, -0.15) is 0 Å². The fourth-order valence-corrected chi connectivity index (χ4v) is 5.18. The highest BCUT2D eigenvalue weighted by Gasteiger charge is 2.31. The number of likely N-dealkylation sites (tertiary alicyclic amines) is 1. The Morgan fingerprint density at radius 2 is 1.84 bits per heavy atom. The van der Waals surface area contributed by atoms with Crippen LogP contribution in [0.4, 0.5) is 4.79 Å². The standard InChI is InChI=1S/C18H28N2O4S/c1-14(2)13-25(22,23)17-8-10-20(11-9-17)18(21)19-12-15-4-6-16(24-3)7-5-15/h4-7,14,17H,8-13H2,1-3H3,(H,19,21). The van der Waals surface area contributed by atoms with Crippen molar-refractivity contribution in [1.82, 2.24) is 10.2 Å². The lowest BCUT2D eigenvalue weighted by Gasteiger charge is -2.32. The molecule has 0 bridgehead atoms. The van der Waals surface area contributed by atoms with Crippen LogP contribution in [0.15, 0.2) is 24.3 Å². The Bertz CT molecular complexity index is 663. The molecule has 1 saturated heterocycles. The van der Waals surface area contributed by atoms with Crippen LogP contribution in [-0.2, 0) is 16.4 Å². The molecule has 1 aliphatic rings. The summed E-state index contributed by atoms with van der Waals surface area (Å²) in [6.07, 6.45) is 1.04. The molecule has 0 aliphatic carbocycles. The molecule has 2 amide bonds. The molecule has 1 aromatic rings. The van der Waals surface area contributed by atoms with Crippen molar-refractivity contribution in [2.24, 2.45) is 5.92 Å². The number of benzene rings is 1. The molecule has 1 N–H and O–H groups in total. The second-order valence-corrected chi connectivity index (χ2v) is 9.24. The van der Waals surface area contributed by atoms with Crippen LogP contribution >= 0.6 is 0 Å². The van der Waals surface area contributed by atoms with Crippen molar-refractivity contribution in [2.45, 2.75) is 38.5 Å². The SMILES string of the molecule is COc1ccc(CNC(=O)N2CCC(S(=O)(=O)CC(C)C)CC2)cc1. The second-order valence-electron chi connectivity index (χ2n) is 6.92. The highest BCUT2D eigenvalue weighted by Crippen LogP contribution is 2.20. The van der Waals surface area contributed by atoms with E-state index in [9.17, 15) is 13.2 Å². The maximum absolute atomic E-state index is 12.3. The van der Waals surface area contributed by atoms with Crippen molar-refractivity contribution in [3.05, 3.63) is 29.8 Å². The number of ether oxygens (including phenoxy) is 1. The van der Waals surface area contributed by atoms with Crippen molar-refractivity contribution < 1.29 is 17.9 Å². The summed E-state index contributed by atoms with van der Waals surface area (Å²) in [7, 11) is -1.45. The second kappa shape index (κ2) is 8.56. The molecule has 140 valence electrons. The number of piperidine rings is 1. The van der Waals surface area contributed by atoms with Gasteiger partial charge in [0.25, 0.3) is 0 Å². The Balaban J connectivity index is 1.80. The van der Waals surface area contributed by atoms with Gasteiger partial charge in [0.1, 0.15) is 5.75 Å². The van der Waals surface area contributed by atoms with Gasteiger partial charge in [0.2, 0.25) is 0 Å². The summed E-state index contributed by atoms with van der Waals surface area (Å²) >= 11 is 0. The summed E-state index contributed by atoms with van der Waals surface area (Å²) in [4.78, 5) is 14.0. The number of methoxy groups -OCH3 is 1. The summed E-state index contributed by atoms with van der Waals surface area (Å²) in [5.74, 6) is 1.14. The third-order valence-corrected chi connectivity index (χ3v) is 7.02. The van der Waals surface area contributed by atoms with Gasteiger partial charge >= 0.3 is 6.03 Å². The number of rotatable bonds is 6. The molecule has 0 spiro atoms. The topological polar surface area (TPSA) is 75.7 Å². The summed E-state index contributed by atoms with van der Waals surface area (Å²) < 4.78 is 29.7. The molecule has 0 atom stereocenters. The Hall–Kier alpha value is -1.76. The van der Waals surface area contributed by atoms with Crippen LogP contribution < -0.4 is 10.1 Å². The Labute approximate surface area is 150 Å². The summed E-state index contributed by atoms with van der Waals surface area (Å²) in [6.45, 7) is 5.24. The zero-order valence-corrected chi connectivity index (χ0v) is 16.0. The van der Waals surface area contributed by atoms with Crippen LogP contribution in [0.25, 0.3) is 0 Å². The first-order valence-electron chi connectivity index (χ1n) is 8.69. The van der Waals surface area contributed by atoms with E-state index in [1.807, 2.05) is 38.1 Å². The van der Waals surface area contributed by atoms with Gasteiger partial charge in [-0.25, -0.2) is 13.2 Å². The van der Waals surface area contributed by atoms with Crippen molar-refractivity contribution in [3.63, 3.8) is 0 Å². The predicted molar refractivity (Wildman–Crippen MR) is 98.4 cm³/mol. The first kappa shape index (κ1) is 19.6. The number of nitrogens with zero attached hydrogens (tertiary/aromatic N) is 1. The van der Waals surface area contributed by atoms with Crippen molar-refractivity contribution >= 4 is 15.9 Å². The van der Waals surface area contributed by atoms with Gasteiger partial charge in [0.05, 0.1) is 18.1 Å². The lowest BCUT2D eigenvalue weighted by Crippen LogP contribution is -2.47. The minimum absolute atomic E-state index is 0.135. The molecule has 0 saturated carbocycles. The van der Waals surface area contributed by atoms with E-state index in [0.29, 0.717) is 32.5 Å². The summed E-state index contributed by atoms with van der Waals surface area (Å²) in [5, 5.41) is 2.57. The summed E-state index contributed by atoms with van der Waals surface area (Å²) in [5.41, 5.74) is 0.989. The monoisotopic (exact) mass is 368 g/mol. The van der Waals surface area contributed by atoms with Crippen LogP contribution in [0.5, 0.6) is 5.75 Å². The zero-order valence-electron chi connectivity index (χ0n) is 15.2. The molecule has 1 aromatic carbocycles. The molecule has 6 nitrogen and oxygen atoms in total. The highest BCUT2D eigenvalue weighted by atomic mass is 32.2. The van der Waals surface area contributed by atoms with Crippen molar-refractivity contribution in [1.29, 1.82) is 0 Å². The molecular formula is C18H28N2O4S. The van der Waals surface area contributed by atoms with E-state index in [2.05, 4.69) is 5.32 Å². The van der Waals surface area contributed by atoms with E-state index in [1.54, 1.807) is 12.0 Å². The van der Waals surface area contributed by atoms with Gasteiger partial charge in [-0.05, 0) is 36.5 Å². The maximum atomic E-state index is 12.3. The maximum Gasteiger partial charge on any atom is 0.317 e. The Morgan fingerprint density at radius 3 is 2.36 bits per heavy atom. The van der Waals surface area contributed by atoms with Crippen LogP contribution in [-0.4, -0.2) is 50.6 Å². The van der Waals surface area contributed by atoms with E-state index >= 15 is 0 Å². The van der Waals surface area contributed by atoms with E-state index < -0.39 is 9.84 Å². The molecule has 7 heteroatoms. The fraction of sp³-hybridized carbons (Fsp3) is 0.611. The van der Waals surface area contributed by atoms with E-state index in [0.717, 1.165) is 11.3 Å². The molecule has 0 radical (unpaired) electrons. The number of urea groups is 1. The Morgan fingerprint density at radius 1 is 1.24 bits per heavy atom. The smallest absolute Gasteiger partial charge is 0.317 e. The molecule has 1 fully saturated rings. The number of carbonyl (C=O) groups is 1. The number of hydrogen-bond acceptors (Lipinski definition) is 4. The fourth-order valence-electron chi connectivity index (χ4n) is 3.05. The minimum atomic E-state index is -3.06. The normalized spacial score (nSPS) is 16.1. The van der Waals surface area contributed by atoms with Crippen LogP contribution in [0.3, 0.4) is 0 Å². The number of nitrogens with one attached hydrogen (secondary N) is 1. The first-order chi connectivity index (χ1) is 11.8. The number of sulfone groups is 1.